The van der Waals surface area contributed by atoms with E-state index in [-0.39, 0.29) is 18.0 Å². The van der Waals surface area contributed by atoms with Gasteiger partial charge in [0.2, 0.25) is 10.0 Å². The maximum Gasteiger partial charge on any atom is 0.243 e. The molecule has 1 rings (SSSR count). The molecule has 1 aromatic rings. The van der Waals surface area contributed by atoms with Crippen LogP contribution >= 0.6 is 0 Å². The molecular weight excluding hydrogens is 288 g/mol. The fraction of sp³-hybridized carbons (Fsp3) is 0.538. The van der Waals surface area contributed by atoms with Crippen LogP contribution in [0.1, 0.15) is 25.8 Å². The Balaban J connectivity index is 2.87. The number of hydrogen-bond donors (Lipinski definition) is 2. The molecule has 0 aromatic heterocycles. The van der Waals surface area contributed by atoms with Crippen molar-refractivity contribution in [3.05, 3.63) is 29.3 Å². The van der Waals surface area contributed by atoms with Crippen LogP contribution in [0, 0.1) is 24.5 Å². The van der Waals surface area contributed by atoms with Gasteiger partial charge in [-0.2, -0.15) is 0 Å². The molecule has 0 saturated heterocycles. The fourth-order valence-electron chi connectivity index (χ4n) is 1.83. The van der Waals surface area contributed by atoms with E-state index in [1.54, 1.807) is 13.8 Å². The monoisotopic (exact) mass is 307 g/mol. The highest BCUT2D eigenvalue weighted by Gasteiger charge is 2.21. The summed E-state index contributed by atoms with van der Waals surface area (Å²) in [5, 5.41) is 9.20. The lowest BCUT2D eigenvalue weighted by Crippen LogP contribution is -2.30. The maximum atomic E-state index is 13.6. The predicted octanol–water partition coefficient (Wildman–Crippen LogP) is 1.96. The zero-order valence-corrected chi connectivity index (χ0v) is 12.5. The van der Waals surface area contributed by atoms with Crippen LogP contribution in [0.5, 0.6) is 0 Å². The second-order valence-corrected chi connectivity index (χ2v) is 6.81. The van der Waals surface area contributed by atoms with E-state index in [2.05, 4.69) is 4.72 Å². The molecule has 2 atom stereocenters. The fourth-order valence-corrected chi connectivity index (χ4v) is 3.14. The molecule has 20 heavy (non-hydrogen) atoms. The molecule has 0 bridgehead atoms. The Hall–Kier alpha value is -1.05. The molecule has 114 valence electrons. The van der Waals surface area contributed by atoms with Gasteiger partial charge in [-0.3, -0.25) is 0 Å². The summed E-state index contributed by atoms with van der Waals surface area (Å²) in [7, 11) is -4.03. The Morgan fingerprint density at radius 3 is 2.40 bits per heavy atom. The van der Waals surface area contributed by atoms with E-state index in [0.29, 0.717) is 12.5 Å². The quantitative estimate of drug-likeness (QED) is 0.844. The molecule has 0 aliphatic heterocycles. The molecule has 0 aliphatic rings. The normalized spacial score (nSPS) is 15.1. The van der Waals surface area contributed by atoms with Gasteiger partial charge in [0.1, 0.15) is 16.5 Å². The van der Waals surface area contributed by atoms with Crippen molar-refractivity contribution in [2.24, 2.45) is 5.92 Å². The van der Waals surface area contributed by atoms with Crippen molar-refractivity contribution < 1.29 is 22.3 Å². The van der Waals surface area contributed by atoms with Crippen molar-refractivity contribution in [3.8, 4) is 0 Å². The first-order valence-electron chi connectivity index (χ1n) is 6.27. The molecule has 0 amide bonds. The maximum absolute atomic E-state index is 13.6. The van der Waals surface area contributed by atoms with Gasteiger partial charge in [-0.25, -0.2) is 21.9 Å². The van der Waals surface area contributed by atoms with Crippen molar-refractivity contribution in [3.63, 3.8) is 0 Å². The molecule has 1 aromatic carbocycles. The van der Waals surface area contributed by atoms with E-state index >= 15 is 0 Å². The Morgan fingerprint density at radius 1 is 1.25 bits per heavy atom. The Kier molecular flexibility index (Phi) is 5.61. The van der Waals surface area contributed by atoms with Gasteiger partial charge in [0.25, 0.3) is 0 Å². The number of sulfonamides is 1. The Labute approximate surface area is 117 Å². The summed E-state index contributed by atoms with van der Waals surface area (Å²) in [6.07, 6.45) is -0.118. The zero-order valence-electron chi connectivity index (χ0n) is 11.7. The summed E-state index contributed by atoms with van der Waals surface area (Å²) in [5.41, 5.74) is 0.0591. The highest BCUT2D eigenvalue weighted by atomic mass is 32.2. The molecule has 0 fully saturated rings. The van der Waals surface area contributed by atoms with Crippen LogP contribution in [0.15, 0.2) is 17.0 Å². The standard InChI is InChI=1S/C13H19F2NO3S/c1-8(4-10(3)17)7-16-20(18,19)13-5-9(2)11(14)6-12(13)15/h5-6,8,10,16-17H,4,7H2,1-3H3. The number of nitrogens with one attached hydrogen (secondary N) is 1. The third-order valence-corrected chi connectivity index (χ3v) is 4.31. The molecule has 0 radical (unpaired) electrons. The summed E-state index contributed by atoms with van der Waals surface area (Å²) < 4.78 is 52.9. The summed E-state index contributed by atoms with van der Waals surface area (Å²) in [6.45, 7) is 4.81. The van der Waals surface area contributed by atoms with Gasteiger partial charge in [0.05, 0.1) is 6.10 Å². The zero-order chi connectivity index (χ0) is 15.5. The van der Waals surface area contributed by atoms with Gasteiger partial charge in [-0.1, -0.05) is 6.92 Å². The predicted molar refractivity (Wildman–Crippen MR) is 71.7 cm³/mol. The smallest absolute Gasteiger partial charge is 0.243 e. The number of hydrogen-bond acceptors (Lipinski definition) is 3. The lowest BCUT2D eigenvalue weighted by Gasteiger charge is -2.15. The molecule has 0 aliphatic carbocycles. The average Bonchev–Trinajstić information content (AvgIpc) is 2.30. The third kappa shape index (κ3) is 4.50. The summed E-state index contributed by atoms with van der Waals surface area (Å²) in [4.78, 5) is -0.569. The van der Waals surface area contributed by atoms with Gasteiger partial charge in [-0.15, -0.1) is 0 Å². The number of benzene rings is 1. The van der Waals surface area contributed by atoms with E-state index < -0.39 is 32.7 Å². The van der Waals surface area contributed by atoms with E-state index in [4.69, 9.17) is 0 Å². The number of rotatable bonds is 6. The van der Waals surface area contributed by atoms with Crippen molar-refractivity contribution in [2.45, 2.75) is 38.2 Å². The molecule has 0 heterocycles. The highest BCUT2D eigenvalue weighted by molar-refractivity contribution is 7.89. The van der Waals surface area contributed by atoms with Crippen molar-refractivity contribution in [1.82, 2.24) is 4.72 Å². The van der Waals surface area contributed by atoms with Crippen LogP contribution in [0.3, 0.4) is 0 Å². The lowest BCUT2D eigenvalue weighted by atomic mass is 10.1. The van der Waals surface area contributed by atoms with Crippen LogP contribution in [-0.4, -0.2) is 26.2 Å². The highest BCUT2D eigenvalue weighted by Crippen LogP contribution is 2.19. The van der Waals surface area contributed by atoms with Crippen molar-refractivity contribution in [1.29, 1.82) is 0 Å². The molecule has 4 nitrogen and oxygen atoms in total. The first kappa shape index (κ1) is 17.0. The van der Waals surface area contributed by atoms with E-state index in [1.807, 2.05) is 0 Å². The Bertz CT molecular complexity index is 573. The summed E-state index contributed by atoms with van der Waals surface area (Å²) in [5.74, 6) is -2.01. The number of halogens is 2. The van der Waals surface area contributed by atoms with Gasteiger partial charge in [0.15, 0.2) is 0 Å². The van der Waals surface area contributed by atoms with E-state index in [1.165, 1.54) is 6.92 Å². The Morgan fingerprint density at radius 2 is 1.85 bits per heavy atom. The SMILES string of the molecule is Cc1cc(S(=O)(=O)NCC(C)CC(C)O)c(F)cc1F. The van der Waals surface area contributed by atoms with Gasteiger partial charge in [0, 0.05) is 12.6 Å². The third-order valence-electron chi connectivity index (χ3n) is 2.87. The summed E-state index contributed by atoms with van der Waals surface area (Å²) in [6, 6.07) is 1.52. The molecule has 0 spiro atoms. The molecule has 7 heteroatoms. The largest absolute Gasteiger partial charge is 0.393 e. The average molecular weight is 307 g/mol. The van der Waals surface area contributed by atoms with Gasteiger partial charge in [-0.05, 0) is 37.8 Å². The number of aryl methyl sites for hydroxylation is 1. The van der Waals surface area contributed by atoms with Crippen LogP contribution < -0.4 is 4.72 Å². The second kappa shape index (κ2) is 6.60. The van der Waals surface area contributed by atoms with Crippen LogP contribution in [-0.2, 0) is 10.0 Å². The second-order valence-electron chi connectivity index (χ2n) is 5.07. The van der Waals surface area contributed by atoms with E-state index in [0.717, 1.165) is 6.07 Å². The molecule has 0 saturated carbocycles. The molecular formula is C13H19F2NO3S. The summed E-state index contributed by atoms with van der Waals surface area (Å²) >= 11 is 0. The van der Waals surface area contributed by atoms with Crippen LogP contribution in [0.4, 0.5) is 8.78 Å². The lowest BCUT2D eigenvalue weighted by molar-refractivity contribution is 0.164. The van der Waals surface area contributed by atoms with Crippen LogP contribution in [0.25, 0.3) is 0 Å². The van der Waals surface area contributed by atoms with Gasteiger partial charge < -0.3 is 5.11 Å². The first-order valence-corrected chi connectivity index (χ1v) is 7.75. The van der Waals surface area contributed by atoms with Crippen LogP contribution in [0.2, 0.25) is 0 Å². The van der Waals surface area contributed by atoms with Crippen molar-refractivity contribution >= 4 is 10.0 Å². The van der Waals surface area contributed by atoms with Gasteiger partial charge >= 0.3 is 0 Å². The number of aliphatic hydroxyl groups excluding tert-OH is 1. The molecule has 2 N–H and O–H groups in total. The van der Waals surface area contributed by atoms with Crippen molar-refractivity contribution in [2.75, 3.05) is 6.54 Å². The minimum atomic E-state index is -4.03. The topological polar surface area (TPSA) is 66.4 Å². The first-order chi connectivity index (χ1) is 9.13. The number of aliphatic hydroxyl groups is 1. The van der Waals surface area contributed by atoms with E-state index in [9.17, 15) is 22.3 Å². The minimum absolute atomic E-state index is 0.0591. The minimum Gasteiger partial charge on any atom is -0.393 e. The molecule has 2 unspecified atom stereocenters.